The van der Waals surface area contributed by atoms with Gasteiger partial charge in [0.1, 0.15) is 16.7 Å². The van der Waals surface area contributed by atoms with Gasteiger partial charge in [0.05, 0.1) is 14.8 Å². The van der Waals surface area contributed by atoms with Crippen molar-refractivity contribution in [2.24, 2.45) is 5.41 Å². The number of nitrogens with one attached hydrogen (secondary N) is 2. The molecule has 36 heavy (non-hydrogen) atoms. The van der Waals surface area contributed by atoms with E-state index in [0.717, 1.165) is 37.8 Å². The number of fused-ring (bicyclic) bond motifs is 1. The molecule has 0 bridgehead atoms. The molecule has 0 spiro atoms. The number of aliphatic hydroxyl groups excluding tert-OH is 1. The lowest BCUT2D eigenvalue weighted by molar-refractivity contribution is -0.140. The zero-order valence-corrected chi connectivity index (χ0v) is 24.0. The van der Waals surface area contributed by atoms with E-state index in [1.807, 2.05) is 31.4 Å². The molecule has 2 heterocycles. The molecule has 4 N–H and O–H groups in total. The molecular weight excluding hydrogens is 593 g/mol. The number of carboxylic acids is 1. The molecule has 3 aromatic rings. The standard InChI is InChI=1S/C26H32IN3O5S/c1-24(2,3)35-23(34)30-19(21(32)33)26(8-9-26)22-29-18(12-36-22)14-6-7-17-15(10-14)16(20(27)28-17)11-25(4,5)13-31/h6-7,10,12,19,28,31H,8-9,11,13H2,1-5H3,(H,30,34)(H,32,33)/t19-/m1/s1. The molecule has 0 aliphatic heterocycles. The first-order chi connectivity index (χ1) is 16.7. The van der Waals surface area contributed by atoms with Crippen molar-refractivity contribution in [2.45, 2.75) is 70.9 Å². The summed E-state index contributed by atoms with van der Waals surface area (Å²) >= 11 is 3.72. The molecule has 1 fully saturated rings. The van der Waals surface area contributed by atoms with Crippen LogP contribution in [0.25, 0.3) is 22.2 Å². The van der Waals surface area contributed by atoms with Crippen LogP contribution in [0.4, 0.5) is 4.79 Å². The molecule has 2 aromatic heterocycles. The van der Waals surface area contributed by atoms with Crippen LogP contribution in [-0.4, -0.2) is 50.5 Å². The highest BCUT2D eigenvalue weighted by Gasteiger charge is 2.57. The lowest BCUT2D eigenvalue weighted by Crippen LogP contribution is -2.50. The molecule has 0 unspecified atom stereocenters. The van der Waals surface area contributed by atoms with Crippen molar-refractivity contribution in [3.05, 3.63) is 37.9 Å². The fraction of sp³-hybridized carbons (Fsp3) is 0.500. The number of H-pyrrole nitrogens is 1. The topological polar surface area (TPSA) is 125 Å². The largest absolute Gasteiger partial charge is 0.480 e. The van der Waals surface area contributed by atoms with Gasteiger partial charge in [0.15, 0.2) is 0 Å². The fourth-order valence-corrected chi connectivity index (χ4v) is 6.23. The summed E-state index contributed by atoms with van der Waals surface area (Å²) in [5.74, 6) is -1.10. The number of aromatic amines is 1. The van der Waals surface area contributed by atoms with E-state index in [1.165, 1.54) is 11.3 Å². The summed E-state index contributed by atoms with van der Waals surface area (Å²) in [5.41, 5.74) is 2.18. The van der Waals surface area contributed by atoms with Gasteiger partial charge >= 0.3 is 12.1 Å². The Hall–Kier alpha value is -2.18. The van der Waals surface area contributed by atoms with Gasteiger partial charge in [-0.2, -0.15) is 0 Å². The maximum Gasteiger partial charge on any atom is 0.408 e. The van der Waals surface area contributed by atoms with Gasteiger partial charge in [0, 0.05) is 28.5 Å². The van der Waals surface area contributed by atoms with Crippen molar-refractivity contribution >= 4 is 56.9 Å². The van der Waals surface area contributed by atoms with E-state index >= 15 is 0 Å². The smallest absolute Gasteiger partial charge is 0.408 e. The molecule has 4 rings (SSSR count). The highest BCUT2D eigenvalue weighted by molar-refractivity contribution is 14.1. The Morgan fingerprint density at radius 2 is 1.97 bits per heavy atom. The second-order valence-corrected chi connectivity index (χ2v) is 13.2. The van der Waals surface area contributed by atoms with Gasteiger partial charge in [-0.3, -0.25) is 0 Å². The second-order valence-electron chi connectivity index (χ2n) is 11.3. The van der Waals surface area contributed by atoms with Crippen LogP contribution in [0.2, 0.25) is 0 Å². The van der Waals surface area contributed by atoms with E-state index in [2.05, 4.69) is 39.0 Å². The molecule has 1 amide bonds. The number of ether oxygens (including phenoxy) is 1. The number of nitrogens with zero attached hydrogens (tertiary/aromatic N) is 1. The summed E-state index contributed by atoms with van der Waals surface area (Å²) in [4.78, 5) is 32.8. The van der Waals surface area contributed by atoms with Gasteiger partial charge in [0.25, 0.3) is 0 Å². The van der Waals surface area contributed by atoms with Crippen molar-refractivity contribution in [1.29, 1.82) is 0 Å². The van der Waals surface area contributed by atoms with E-state index < -0.39 is 29.1 Å². The number of amides is 1. The number of rotatable bonds is 8. The first kappa shape index (κ1) is 26.9. The third-order valence-corrected chi connectivity index (χ3v) is 8.40. The predicted octanol–water partition coefficient (Wildman–Crippen LogP) is 5.47. The Morgan fingerprint density at radius 3 is 2.56 bits per heavy atom. The number of hydrogen-bond donors (Lipinski definition) is 4. The van der Waals surface area contributed by atoms with Crippen molar-refractivity contribution in [2.75, 3.05) is 6.61 Å². The van der Waals surface area contributed by atoms with Crippen molar-refractivity contribution < 1.29 is 24.5 Å². The average molecular weight is 626 g/mol. The second kappa shape index (κ2) is 9.60. The number of carbonyl (C=O) groups excluding carboxylic acids is 1. The molecule has 0 radical (unpaired) electrons. The Labute approximate surface area is 228 Å². The molecule has 1 aliphatic rings. The van der Waals surface area contributed by atoms with E-state index in [1.54, 1.807) is 20.8 Å². The van der Waals surface area contributed by atoms with Gasteiger partial charge in [-0.1, -0.05) is 19.9 Å². The monoisotopic (exact) mass is 625 g/mol. The quantitative estimate of drug-likeness (QED) is 0.246. The highest BCUT2D eigenvalue weighted by Crippen LogP contribution is 2.52. The summed E-state index contributed by atoms with van der Waals surface area (Å²) in [7, 11) is 0. The third-order valence-electron chi connectivity index (χ3n) is 6.41. The number of aliphatic carboxylic acids is 1. The minimum absolute atomic E-state index is 0.0923. The molecule has 10 heteroatoms. The molecule has 1 aromatic carbocycles. The highest BCUT2D eigenvalue weighted by atomic mass is 127. The van der Waals surface area contributed by atoms with Crippen LogP contribution in [0.3, 0.4) is 0 Å². The lowest BCUT2D eigenvalue weighted by atomic mass is 9.86. The summed E-state index contributed by atoms with van der Waals surface area (Å²) in [5, 5.41) is 26.0. The number of carboxylic acid groups (broad SMARTS) is 1. The van der Waals surface area contributed by atoms with Crippen molar-refractivity contribution in [3.8, 4) is 11.3 Å². The van der Waals surface area contributed by atoms with Crippen LogP contribution in [-0.2, 0) is 21.4 Å². The third kappa shape index (κ3) is 5.55. The zero-order chi connectivity index (χ0) is 26.5. The Balaban J connectivity index is 1.63. The minimum atomic E-state index is -1.12. The van der Waals surface area contributed by atoms with Crippen LogP contribution in [0, 0.1) is 9.12 Å². The number of alkyl carbamates (subject to hydrolysis) is 1. The summed E-state index contributed by atoms with van der Waals surface area (Å²) in [6.45, 7) is 9.38. The molecule has 8 nitrogen and oxygen atoms in total. The van der Waals surface area contributed by atoms with Gasteiger partial charge in [-0.25, -0.2) is 14.6 Å². The molecule has 1 aliphatic carbocycles. The van der Waals surface area contributed by atoms with E-state index in [9.17, 15) is 19.8 Å². The molecule has 1 atom stereocenters. The van der Waals surface area contributed by atoms with Gasteiger partial charge in [0.2, 0.25) is 0 Å². The van der Waals surface area contributed by atoms with Gasteiger partial charge in [-0.15, -0.1) is 11.3 Å². The van der Waals surface area contributed by atoms with Crippen LogP contribution in [0.15, 0.2) is 23.6 Å². The van der Waals surface area contributed by atoms with Crippen LogP contribution < -0.4 is 5.32 Å². The summed E-state index contributed by atoms with van der Waals surface area (Å²) in [6.07, 6.45) is 1.24. The molecule has 194 valence electrons. The first-order valence-electron chi connectivity index (χ1n) is 11.8. The Morgan fingerprint density at radius 1 is 1.28 bits per heavy atom. The first-order valence-corrected chi connectivity index (χ1v) is 13.8. The molecular formula is C26H32IN3O5S. The SMILES string of the molecule is CC(C)(CO)Cc1c(I)[nH]c2ccc(-c3csc(C4([C@H](NC(=O)OC(C)(C)C)C(=O)O)CC4)n3)cc12. The van der Waals surface area contributed by atoms with E-state index in [-0.39, 0.29) is 12.0 Å². The summed E-state index contributed by atoms with van der Waals surface area (Å²) < 4.78 is 6.35. The number of aliphatic hydroxyl groups is 1. The maximum atomic E-state index is 12.4. The predicted molar refractivity (Wildman–Crippen MR) is 148 cm³/mol. The van der Waals surface area contributed by atoms with Gasteiger partial charge < -0.3 is 25.3 Å². The normalized spacial score (nSPS) is 16.1. The van der Waals surface area contributed by atoms with E-state index in [4.69, 9.17) is 9.72 Å². The van der Waals surface area contributed by atoms with Gasteiger partial charge in [-0.05, 0) is 85.7 Å². The maximum absolute atomic E-state index is 12.4. The number of halogens is 1. The number of carbonyl (C=O) groups is 2. The lowest BCUT2D eigenvalue weighted by Gasteiger charge is -2.25. The number of aromatic nitrogens is 2. The number of hydrogen-bond acceptors (Lipinski definition) is 6. The molecule has 0 saturated heterocycles. The van der Waals surface area contributed by atoms with Crippen LogP contribution in [0.5, 0.6) is 0 Å². The van der Waals surface area contributed by atoms with Crippen LogP contribution in [0.1, 0.15) is 58.0 Å². The number of thiazole rings is 1. The average Bonchev–Trinajstić information content (AvgIpc) is 3.31. The Kier molecular flexibility index (Phi) is 7.17. The zero-order valence-electron chi connectivity index (χ0n) is 21.1. The Bertz CT molecular complexity index is 1300. The van der Waals surface area contributed by atoms with Crippen LogP contribution >= 0.6 is 33.9 Å². The van der Waals surface area contributed by atoms with Crippen molar-refractivity contribution in [1.82, 2.24) is 15.3 Å². The number of benzene rings is 1. The van der Waals surface area contributed by atoms with E-state index in [0.29, 0.717) is 17.8 Å². The fourth-order valence-electron chi connectivity index (χ4n) is 4.34. The minimum Gasteiger partial charge on any atom is -0.480 e. The van der Waals surface area contributed by atoms with Crippen molar-refractivity contribution in [3.63, 3.8) is 0 Å². The summed E-state index contributed by atoms with van der Waals surface area (Å²) in [6, 6.07) is 5.01. The molecule has 1 saturated carbocycles.